The average Bonchev–Trinajstić information content (AvgIpc) is 2.43. The van der Waals surface area contributed by atoms with Crippen molar-refractivity contribution < 1.29 is 9.18 Å². The zero-order valence-electron chi connectivity index (χ0n) is 12.5. The number of hydrogen-bond acceptors (Lipinski definition) is 3. The Bertz CT molecular complexity index is 808. The second-order valence-corrected chi connectivity index (χ2v) is 5.54. The first kappa shape index (κ1) is 15.9. The molecule has 1 heterocycles. The highest BCUT2D eigenvalue weighted by Gasteiger charge is 2.11. The van der Waals surface area contributed by atoms with E-state index in [0.717, 1.165) is 17.1 Å². The highest BCUT2D eigenvalue weighted by atomic mass is 19.1. The van der Waals surface area contributed by atoms with Crippen molar-refractivity contribution >= 4 is 16.9 Å². The Labute approximate surface area is 126 Å². The van der Waals surface area contributed by atoms with Crippen molar-refractivity contribution in [3.63, 3.8) is 0 Å². The summed E-state index contributed by atoms with van der Waals surface area (Å²) in [7, 11) is 0. The number of nitrogens with one attached hydrogen (secondary N) is 2. The second-order valence-electron chi connectivity index (χ2n) is 5.54. The van der Waals surface area contributed by atoms with Crippen LogP contribution < -0.4 is 16.4 Å². The van der Waals surface area contributed by atoms with Crippen molar-refractivity contribution in [2.24, 2.45) is 5.92 Å². The molecule has 1 amide bonds. The van der Waals surface area contributed by atoms with Gasteiger partial charge in [0.25, 0.3) is 0 Å². The van der Waals surface area contributed by atoms with Gasteiger partial charge in [-0.1, -0.05) is 13.8 Å². The zero-order chi connectivity index (χ0) is 16.3. The van der Waals surface area contributed by atoms with Crippen LogP contribution >= 0.6 is 0 Å². The summed E-state index contributed by atoms with van der Waals surface area (Å²) in [6.45, 7) is 4.30. The zero-order valence-corrected chi connectivity index (χ0v) is 12.5. The Morgan fingerprint density at radius 2 is 2.09 bits per heavy atom. The second kappa shape index (κ2) is 6.55. The molecule has 7 heteroatoms. The van der Waals surface area contributed by atoms with E-state index < -0.39 is 16.9 Å². The first-order valence-electron chi connectivity index (χ1n) is 7.07. The minimum Gasteiger partial charge on any atom is -0.355 e. The lowest BCUT2D eigenvalue weighted by Gasteiger charge is -2.11. The molecular weight excluding hydrogens is 289 g/mol. The Balaban J connectivity index is 2.30. The number of benzene rings is 1. The SMILES string of the molecule is CC(C)CCNC(=O)Cn1c(=O)c(=O)[nH]c2cc(F)ccc21. The number of H-pyrrole nitrogens is 1. The smallest absolute Gasteiger partial charge is 0.317 e. The Morgan fingerprint density at radius 3 is 2.77 bits per heavy atom. The molecule has 6 nitrogen and oxygen atoms in total. The molecule has 0 aliphatic carbocycles. The van der Waals surface area contributed by atoms with Crippen LogP contribution in [0.25, 0.3) is 11.0 Å². The van der Waals surface area contributed by atoms with E-state index in [4.69, 9.17) is 0 Å². The van der Waals surface area contributed by atoms with Gasteiger partial charge in [-0.05, 0) is 30.5 Å². The number of hydrogen-bond donors (Lipinski definition) is 2. The molecular formula is C15H18FN3O3. The van der Waals surface area contributed by atoms with Gasteiger partial charge in [-0.3, -0.25) is 19.0 Å². The molecule has 1 aromatic carbocycles. The first-order chi connectivity index (χ1) is 10.4. The van der Waals surface area contributed by atoms with Crippen LogP contribution in [0, 0.1) is 11.7 Å². The van der Waals surface area contributed by atoms with Crippen molar-refractivity contribution in [2.75, 3.05) is 6.54 Å². The summed E-state index contributed by atoms with van der Waals surface area (Å²) in [5.41, 5.74) is -1.23. The number of fused-ring (bicyclic) bond motifs is 1. The van der Waals surface area contributed by atoms with Crippen LogP contribution in [0.15, 0.2) is 27.8 Å². The third-order valence-corrected chi connectivity index (χ3v) is 3.28. The summed E-state index contributed by atoms with van der Waals surface area (Å²) in [5, 5.41) is 2.70. The fraction of sp³-hybridized carbons (Fsp3) is 0.400. The monoisotopic (exact) mass is 307 g/mol. The lowest BCUT2D eigenvalue weighted by Crippen LogP contribution is -2.40. The number of nitrogens with zero attached hydrogens (tertiary/aromatic N) is 1. The van der Waals surface area contributed by atoms with Crippen molar-refractivity contribution in [3.8, 4) is 0 Å². The van der Waals surface area contributed by atoms with E-state index in [-0.39, 0.29) is 18.0 Å². The third kappa shape index (κ3) is 3.60. The van der Waals surface area contributed by atoms with Crippen LogP contribution in [0.5, 0.6) is 0 Å². The lowest BCUT2D eigenvalue weighted by atomic mass is 10.1. The standard InChI is InChI=1S/C15H18FN3O3/c1-9(2)5-6-17-13(20)8-19-12-4-3-10(16)7-11(12)18-14(21)15(19)22/h3-4,7,9H,5-6,8H2,1-2H3,(H,17,20)(H,18,21). The average molecular weight is 307 g/mol. The van der Waals surface area contributed by atoms with E-state index in [1.54, 1.807) is 0 Å². The number of aromatic amines is 1. The molecule has 0 spiro atoms. The molecule has 2 rings (SSSR count). The predicted molar refractivity (Wildman–Crippen MR) is 81.3 cm³/mol. The molecule has 0 radical (unpaired) electrons. The van der Waals surface area contributed by atoms with E-state index in [1.165, 1.54) is 12.1 Å². The number of carbonyl (C=O) groups is 1. The van der Waals surface area contributed by atoms with Crippen LogP contribution in [0.1, 0.15) is 20.3 Å². The highest BCUT2D eigenvalue weighted by Crippen LogP contribution is 2.10. The van der Waals surface area contributed by atoms with Gasteiger partial charge in [-0.15, -0.1) is 0 Å². The molecule has 0 aliphatic heterocycles. The fourth-order valence-electron chi connectivity index (χ4n) is 2.11. The van der Waals surface area contributed by atoms with Gasteiger partial charge in [0.05, 0.1) is 11.0 Å². The fourth-order valence-corrected chi connectivity index (χ4v) is 2.11. The summed E-state index contributed by atoms with van der Waals surface area (Å²) in [4.78, 5) is 37.8. The first-order valence-corrected chi connectivity index (χ1v) is 7.07. The summed E-state index contributed by atoms with van der Waals surface area (Å²) < 4.78 is 14.3. The van der Waals surface area contributed by atoms with E-state index in [0.29, 0.717) is 18.0 Å². The maximum atomic E-state index is 13.2. The quantitative estimate of drug-likeness (QED) is 0.808. The minimum atomic E-state index is -0.881. The van der Waals surface area contributed by atoms with Gasteiger partial charge in [0.1, 0.15) is 12.4 Å². The summed E-state index contributed by atoms with van der Waals surface area (Å²) in [6.07, 6.45) is 0.821. The topological polar surface area (TPSA) is 84.0 Å². The lowest BCUT2D eigenvalue weighted by molar-refractivity contribution is -0.121. The summed E-state index contributed by atoms with van der Waals surface area (Å²) in [6, 6.07) is 3.65. The van der Waals surface area contributed by atoms with Gasteiger partial charge in [-0.2, -0.15) is 0 Å². The van der Waals surface area contributed by atoms with E-state index in [1.807, 2.05) is 13.8 Å². The largest absolute Gasteiger partial charge is 0.355 e. The molecule has 1 aromatic heterocycles. The normalized spacial score (nSPS) is 11.1. The maximum absolute atomic E-state index is 13.2. The summed E-state index contributed by atoms with van der Waals surface area (Å²) in [5.74, 6) is -0.444. The van der Waals surface area contributed by atoms with Gasteiger partial charge in [-0.25, -0.2) is 4.39 Å². The van der Waals surface area contributed by atoms with Crippen LogP contribution in [-0.2, 0) is 11.3 Å². The van der Waals surface area contributed by atoms with E-state index in [9.17, 15) is 18.8 Å². The van der Waals surface area contributed by atoms with Crippen molar-refractivity contribution in [1.82, 2.24) is 14.9 Å². The van der Waals surface area contributed by atoms with Crippen molar-refractivity contribution in [1.29, 1.82) is 0 Å². The van der Waals surface area contributed by atoms with Crippen molar-refractivity contribution in [2.45, 2.75) is 26.8 Å². The van der Waals surface area contributed by atoms with E-state index >= 15 is 0 Å². The van der Waals surface area contributed by atoms with Gasteiger partial charge in [0, 0.05) is 6.54 Å². The Hall–Kier alpha value is -2.44. The Morgan fingerprint density at radius 1 is 1.36 bits per heavy atom. The van der Waals surface area contributed by atoms with Gasteiger partial charge < -0.3 is 10.3 Å². The molecule has 0 fully saturated rings. The molecule has 118 valence electrons. The molecule has 0 bridgehead atoms. The number of halogens is 1. The molecule has 0 atom stereocenters. The van der Waals surface area contributed by atoms with Crippen LogP contribution in [0.2, 0.25) is 0 Å². The predicted octanol–water partition coefficient (Wildman–Crippen LogP) is 0.991. The van der Waals surface area contributed by atoms with Crippen LogP contribution in [0.3, 0.4) is 0 Å². The molecule has 22 heavy (non-hydrogen) atoms. The molecule has 0 saturated heterocycles. The van der Waals surface area contributed by atoms with Crippen LogP contribution in [-0.4, -0.2) is 22.0 Å². The number of carbonyl (C=O) groups excluding carboxylic acids is 1. The van der Waals surface area contributed by atoms with Crippen molar-refractivity contribution in [3.05, 3.63) is 44.7 Å². The number of amides is 1. The van der Waals surface area contributed by atoms with Gasteiger partial charge in [0.15, 0.2) is 0 Å². The van der Waals surface area contributed by atoms with Crippen LogP contribution in [0.4, 0.5) is 4.39 Å². The molecule has 0 unspecified atom stereocenters. The summed E-state index contributed by atoms with van der Waals surface area (Å²) >= 11 is 0. The molecule has 2 N–H and O–H groups in total. The van der Waals surface area contributed by atoms with Gasteiger partial charge >= 0.3 is 11.1 Å². The maximum Gasteiger partial charge on any atom is 0.317 e. The molecule has 2 aromatic rings. The Kier molecular flexibility index (Phi) is 4.75. The van der Waals surface area contributed by atoms with E-state index in [2.05, 4.69) is 10.3 Å². The highest BCUT2D eigenvalue weighted by molar-refractivity contribution is 5.79. The molecule has 0 aliphatic rings. The molecule has 0 saturated carbocycles. The third-order valence-electron chi connectivity index (χ3n) is 3.28. The number of rotatable bonds is 5. The minimum absolute atomic E-state index is 0.180. The van der Waals surface area contributed by atoms with Gasteiger partial charge in [0.2, 0.25) is 5.91 Å². The number of aromatic nitrogens is 2.